The van der Waals surface area contributed by atoms with E-state index in [4.69, 9.17) is 11.6 Å². The van der Waals surface area contributed by atoms with Crippen LogP contribution in [0.25, 0.3) is 0 Å². The van der Waals surface area contributed by atoms with Gasteiger partial charge in [-0.25, -0.2) is 0 Å². The molecule has 2 amide bonds. The second-order valence-electron chi connectivity index (χ2n) is 5.33. The topological polar surface area (TPSA) is 70.2 Å². The molecule has 0 unspecified atom stereocenters. The van der Waals surface area contributed by atoms with Gasteiger partial charge in [0.15, 0.2) is 0 Å². The molecule has 2 atom stereocenters. The van der Waals surface area contributed by atoms with E-state index in [0.717, 1.165) is 6.54 Å². The van der Waals surface area contributed by atoms with Crippen molar-refractivity contribution in [2.45, 2.75) is 20.3 Å². The van der Waals surface area contributed by atoms with Crippen LogP contribution in [0.4, 0.5) is 11.4 Å². The summed E-state index contributed by atoms with van der Waals surface area (Å²) in [6.45, 7) is 5.35. The first-order chi connectivity index (χ1) is 10.0. The zero-order chi connectivity index (χ0) is 15.4. The lowest BCUT2D eigenvalue weighted by atomic mass is 9.97. The van der Waals surface area contributed by atoms with Crippen molar-refractivity contribution >= 4 is 34.8 Å². The fourth-order valence-electron chi connectivity index (χ4n) is 2.33. The molecule has 1 fully saturated rings. The van der Waals surface area contributed by atoms with Gasteiger partial charge in [0.25, 0.3) is 0 Å². The van der Waals surface area contributed by atoms with Crippen molar-refractivity contribution < 1.29 is 9.59 Å². The minimum absolute atomic E-state index is 0.0478. The number of carbonyl (C=O) groups is 2. The van der Waals surface area contributed by atoms with Gasteiger partial charge in [0.1, 0.15) is 0 Å². The van der Waals surface area contributed by atoms with Gasteiger partial charge in [0, 0.05) is 18.7 Å². The number of rotatable bonds is 4. The lowest BCUT2D eigenvalue weighted by Gasteiger charge is -2.16. The maximum Gasteiger partial charge on any atom is 0.229 e. The molecule has 114 valence electrons. The third-order valence-electron chi connectivity index (χ3n) is 3.68. The van der Waals surface area contributed by atoms with Crippen molar-refractivity contribution in [2.24, 2.45) is 11.8 Å². The number of amides is 2. The Morgan fingerprint density at radius 3 is 2.71 bits per heavy atom. The van der Waals surface area contributed by atoms with Gasteiger partial charge in [-0.1, -0.05) is 25.4 Å². The molecular weight excluding hydrogens is 290 g/mol. The Bertz CT molecular complexity index is 548. The van der Waals surface area contributed by atoms with Gasteiger partial charge >= 0.3 is 0 Å². The van der Waals surface area contributed by atoms with Crippen LogP contribution < -0.4 is 16.0 Å². The van der Waals surface area contributed by atoms with Crippen molar-refractivity contribution in [3.8, 4) is 0 Å². The van der Waals surface area contributed by atoms with Crippen molar-refractivity contribution in [2.75, 3.05) is 23.7 Å². The molecule has 5 nitrogen and oxygen atoms in total. The van der Waals surface area contributed by atoms with Gasteiger partial charge < -0.3 is 16.0 Å². The third kappa shape index (κ3) is 3.95. The molecule has 1 heterocycles. The van der Waals surface area contributed by atoms with Crippen LogP contribution in [-0.2, 0) is 9.59 Å². The molecule has 1 aliphatic rings. The smallest absolute Gasteiger partial charge is 0.229 e. The molecule has 1 saturated heterocycles. The maximum atomic E-state index is 12.3. The molecule has 0 aromatic heterocycles. The number of halogens is 1. The van der Waals surface area contributed by atoms with Crippen LogP contribution in [0, 0.1) is 11.8 Å². The fraction of sp³-hybridized carbons (Fsp3) is 0.467. The molecule has 1 aromatic rings. The first-order valence-corrected chi connectivity index (χ1v) is 7.50. The van der Waals surface area contributed by atoms with Crippen LogP contribution in [-0.4, -0.2) is 24.9 Å². The van der Waals surface area contributed by atoms with Crippen molar-refractivity contribution in [1.29, 1.82) is 0 Å². The molecule has 0 radical (unpaired) electrons. The molecule has 6 heteroatoms. The van der Waals surface area contributed by atoms with Crippen LogP contribution >= 0.6 is 11.6 Å². The Kier molecular flexibility index (Phi) is 5.20. The van der Waals surface area contributed by atoms with Gasteiger partial charge in [-0.3, -0.25) is 9.59 Å². The zero-order valence-corrected chi connectivity index (χ0v) is 13.0. The number of anilines is 2. The van der Waals surface area contributed by atoms with E-state index in [1.165, 1.54) is 0 Å². The average Bonchev–Trinajstić information content (AvgIpc) is 2.88. The van der Waals surface area contributed by atoms with E-state index in [1.807, 2.05) is 6.92 Å². The summed E-state index contributed by atoms with van der Waals surface area (Å²) in [5.41, 5.74) is 1.15. The highest BCUT2D eigenvalue weighted by Crippen LogP contribution is 2.27. The highest BCUT2D eigenvalue weighted by molar-refractivity contribution is 6.33. The average molecular weight is 310 g/mol. The Morgan fingerprint density at radius 1 is 1.33 bits per heavy atom. The summed E-state index contributed by atoms with van der Waals surface area (Å²) in [5, 5.41) is 9.25. The first-order valence-electron chi connectivity index (χ1n) is 7.12. The number of benzene rings is 1. The van der Waals surface area contributed by atoms with Crippen molar-refractivity contribution in [3.05, 3.63) is 23.2 Å². The molecule has 0 spiro atoms. The highest BCUT2D eigenvalue weighted by atomic mass is 35.5. The van der Waals surface area contributed by atoms with Crippen LogP contribution in [0.2, 0.25) is 5.02 Å². The Balaban J connectivity index is 2.09. The Hall–Kier alpha value is -1.59. The summed E-state index contributed by atoms with van der Waals surface area (Å²) in [6.07, 6.45) is 0.398. The molecule has 0 aliphatic carbocycles. The molecule has 1 aromatic carbocycles. The number of nitrogens with one attached hydrogen (secondary N) is 3. The quantitative estimate of drug-likeness (QED) is 0.800. The second-order valence-corrected chi connectivity index (χ2v) is 5.73. The minimum atomic E-state index is -0.0804. The molecular formula is C15H20ClN3O2. The van der Waals surface area contributed by atoms with E-state index in [1.54, 1.807) is 25.1 Å². The highest BCUT2D eigenvalue weighted by Gasteiger charge is 2.29. The Morgan fingerprint density at radius 2 is 2.10 bits per heavy atom. The molecule has 2 rings (SSSR count). The van der Waals surface area contributed by atoms with E-state index < -0.39 is 0 Å². The lowest BCUT2D eigenvalue weighted by molar-refractivity contribution is -0.120. The summed E-state index contributed by atoms with van der Waals surface area (Å²) in [4.78, 5) is 23.7. The normalized spacial score (nSPS) is 21.1. The van der Waals surface area contributed by atoms with Crippen molar-refractivity contribution in [1.82, 2.24) is 5.32 Å². The molecule has 21 heavy (non-hydrogen) atoms. The van der Waals surface area contributed by atoms with Crippen LogP contribution in [0.15, 0.2) is 18.2 Å². The van der Waals surface area contributed by atoms with E-state index in [9.17, 15) is 9.59 Å². The van der Waals surface area contributed by atoms with Crippen molar-refractivity contribution in [3.63, 3.8) is 0 Å². The van der Waals surface area contributed by atoms with Crippen LogP contribution in [0.1, 0.15) is 20.3 Å². The fourth-order valence-corrected chi connectivity index (χ4v) is 2.50. The maximum absolute atomic E-state index is 12.3. The summed E-state index contributed by atoms with van der Waals surface area (Å²) in [6, 6.07) is 5.06. The Labute approximate surface area is 129 Å². The third-order valence-corrected chi connectivity index (χ3v) is 4.01. The molecule has 0 bridgehead atoms. The van der Waals surface area contributed by atoms with Gasteiger partial charge in [-0.05, 0) is 30.7 Å². The van der Waals surface area contributed by atoms with Crippen LogP contribution in [0.3, 0.4) is 0 Å². The zero-order valence-electron chi connectivity index (χ0n) is 12.2. The van der Waals surface area contributed by atoms with Gasteiger partial charge in [-0.15, -0.1) is 0 Å². The van der Waals surface area contributed by atoms with Gasteiger partial charge in [-0.2, -0.15) is 0 Å². The SMILES string of the molecule is CCC(=O)Nc1ccc(Cl)c(NC(=O)[C@@H]2CNC[C@H]2C)c1. The second kappa shape index (κ2) is 6.91. The monoisotopic (exact) mass is 309 g/mol. The van der Waals surface area contributed by atoms with E-state index in [0.29, 0.717) is 35.3 Å². The van der Waals surface area contributed by atoms with Gasteiger partial charge in [0.05, 0.1) is 16.6 Å². The van der Waals surface area contributed by atoms with E-state index in [-0.39, 0.29) is 17.7 Å². The molecule has 0 saturated carbocycles. The summed E-state index contributed by atoms with van der Waals surface area (Å²) >= 11 is 6.11. The number of hydrogen-bond acceptors (Lipinski definition) is 3. The summed E-state index contributed by atoms with van der Waals surface area (Å²) < 4.78 is 0. The standard InChI is InChI=1S/C15H20ClN3O2/c1-3-14(20)18-10-4-5-12(16)13(6-10)19-15(21)11-8-17-7-9(11)2/h4-6,9,11,17H,3,7-8H2,1-2H3,(H,18,20)(H,19,21)/t9-,11-/m1/s1. The van der Waals surface area contributed by atoms with E-state index >= 15 is 0 Å². The van der Waals surface area contributed by atoms with Crippen LogP contribution in [0.5, 0.6) is 0 Å². The minimum Gasteiger partial charge on any atom is -0.326 e. The number of hydrogen-bond donors (Lipinski definition) is 3. The summed E-state index contributed by atoms with van der Waals surface area (Å²) in [5.74, 6) is 0.110. The first kappa shape index (κ1) is 15.8. The largest absolute Gasteiger partial charge is 0.326 e. The molecule has 3 N–H and O–H groups in total. The lowest BCUT2D eigenvalue weighted by Crippen LogP contribution is -2.28. The predicted molar refractivity (Wildman–Crippen MR) is 84.5 cm³/mol. The summed E-state index contributed by atoms with van der Waals surface area (Å²) in [7, 11) is 0. The predicted octanol–water partition coefficient (Wildman–Crippen LogP) is 2.48. The van der Waals surface area contributed by atoms with E-state index in [2.05, 4.69) is 16.0 Å². The van der Waals surface area contributed by atoms with Gasteiger partial charge in [0.2, 0.25) is 11.8 Å². The molecule has 1 aliphatic heterocycles. The number of carbonyl (C=O) groups excluding carboxylic acids is 2.